The van der Waals surface area contributed by atoms with Crippen molar-refractivity contribution in [2.75, 3.05) is 6.61 Å². The summed E-state index contributed by atoms with van der Waals surface area (Å²) in [5, 5.41) is 11.7. The van der Waals surface area contributed by atoms with Gasteiger partial charge in [0.2, 0.25) is 0 Å². The average Bonchev–Trinajstić information content (AvgIpc) is 2.51. The lowest BCUT2D eigenvalue weighted by Crippen LogP contribution is -2.47. The van der Waals surface area contributed by atoms with Crippen LogP contribution < -0.4 is 10.1 Å². The Morgan fingerprint density at radius 2 is 1.81 bits per heavy atom. The average molecular weight is 293 g/mol. The summed E-state index contributed by atoms with van der Waals surface area (Å²) in [7, 11) is 0. The number of ether oxygens (including phenoxy) is 1. The molecule has 5 nitrogen and oxygen atoms in total. The Hall–Kier alpha value is -2.04. The van der Waals surface area contributed by atoms with Crippen molar-refractivity contribution in [3.05, 3.63) is 29.8 Å². The van der Waals surface area contributed by atoms with Gasteiger partial charge in [0, 0.05) is 11.1 Å². The smallest absolute Gasteiger partial charge is 0.341 e. The quantitative estimate of drug-likeness (QED) is 0.772. The van der Waals surface area contributed by atoms with Gasteiger partial charge in [0.15, 0.2) is 6.61 Å². The highest BCUT2D eigenvalue weighted by Crippen LogP contribution is 2.21. The first-order valence-corrected chi connectivity index (χ1v) is 7.23. The van der Waals surface area contributed by atoms with Crippen LogP contribution in [0.2, 0.25) is 0 Å². The number of carbonyl (C=O) groups excluding carboxylic acids is 1. The van der Waals surface area contributed by atoms with Crippen LogP contribution >= 0.6 is 0 Å². The van der Waals surface area contributed by atoms with Crippen LogP contribution in [-0.4, -0.2) is 29.1 Å². The van der Waals surface area contributed by atoms with Gasteiger partial charge in [-0.25, -0.2) is 4.79 Å². The number of amides is 1. The summed E-state index contributed by atoms with van der Waals surface area (Å²) in [5.41, 5.74) is 0.271. The Bertz CT molecular complexity index is 487. The standard InChI is InChI=1S/C16H23NO4/c1-4-16(5-2,6-3)17-15(20)12-8-7-9-13(10-12)21-11-14(18)19/h7-10H,4-6,11H2,1-3H3,(H,17,20)(H,18,19). The zero-order valence-electron chi connectivity index (χ0n) is 12.8. The minimum absolute atomic E-state index is 0.165. The van der Waals surface area contributed by atoms with Gasteiger partial charge in [0.25, 0.3) is 5.91 Å². The third kappa shape index (κ3) is 4.77. The first-order chi connectivity index (χ1) is 9.96. The second-order valence-corrected chi connectivity index (χ2v) is 5.01. The van der Waals surface area contributed by atoms with Crippen LogP contribution in [0.4, 0.5) is 0 Å². The lowest BCUT2D eigenvalue weighted by Gasteiger charge is -2.31. The molecule has 0 aliphatic carbocycles. The molecule has 116 valence electrons. The fourth-order valence-corrected chi connectivity index (χ4v) is 2.20. The van der Waals surface area contributed by atoms with Gasteiger partial charge in [-0.1, -0.05) is 26.8 Å². The molecular weight excluding hydrogens is 270 g/mol. The second kappa shape index (κ2) is 7.67. The monoisotopic (exact) mass is 293 g/mol. The molecule has 0 spiro atoms. The highest BCUT2D eigenvalue weighted by atomic mass is 16.5. The van der Waals surface area contributed by atoms with Crippen LogP contribution in [0.1, 0.15) is 50.4 Å². The van der Waals surface area contributed by atoms with Crippen molar-refractivity contribution in [3.63, 3.8) is 0 Å². The molecule has 5 heteroatoms. The number of rotatable bonds is 8. The Kier molecular flexibility index (Phi) is 6.21. The van der Waals surface area contributed by atoms with Crippen LogP contribution in [0.5, 0.6) is 5.75 Å². The molecule has 0 fully saturated rings. The van der Waals surface area contributed by atoms with E-state index < -0.39 is 12.6 Å². The molecule has 21 heavy (non-hydrogen) atoms. The number of benzene rings is 1. The van der Waals surface area contributed by atoms with Crippen LogP contribution in [0.15, 0.2) is 24.3 Å². The van der Waals surface area contributed by atoms with Crippen molar-refractivity contribution in [1.82, 2.24) is 5.32 Å². The number of hydrogen-bond donors (Lipinski definition) is 2. The Morgan fingerprint density at radius 1 is 1.19 bits per heavy atom. The molecule has 0 saturated carbocycles. The van der Waals surface area contributed by atoms with E-state index >= 15 is 0 Å². The van der Waals surface area contributed by atoms with E-state index in [1.807, 2.05) is 0 Å². The van der Waals surface area contributed by atoms with Gasteiger partial charge in [-0.15, -0.1) is 0 Å². The maximum atomic E-state index is 12.3. The second-order valence-electron chi connectivity index (χ2n) is 5.01. The molecule has 0 heterocycles. The van der Waals surface area contributed by atoms with Crippen molar-refractivity contribution in [1.29, 1.82) is 0 Å². The molecule has 0 bridgehead atoms. The van der Waals surface area contributed by atoms with E-state index in [9.17, 15) is 9.59 Å². The SMILES string of the molecule is CCC(CC)(CC)NC(=O)c1cccc(OCC(=O)O)c1. The highest BCUT2D eigenvalue weighted by molar-refractivity contribution is 5.95. The van der Waals surface area contributed by atoms with E-state index in [1.165, 1.54) is 0 Å². The lowest BCUT2D eigenvalue weighted by atomic mass is 9.89. The first kappa shape index (κ1) is 17.0. The summed E-state index contributed by atoms with van der Waals surface area (Å²) in [6.07, 6.45) is 2.59. The highest BCUT2D eigenvalue weighted by Gasteiger charge is 2.26. The normalized spacial score (nSPS) is 11.0. The Morgan fingerprint density at radius 3 is 2.33 bits per heavy atom. The third-order valence-corrected chi connectivity index (χ3v) is 3.87. The molecule has 1 aromatic rings. The fourth-order valence-electron chi connectivity index (χ4n) is 2.20. The molecule has 1 amide bonds. The van der Waals surface area contributed by atoms with Gasteiger partial charge in [-0.2, -0.15) is 0 Å². The van der Waals surface area contributed by atoms with Gasteiger partial charge in [0.05, 0.1) is 0 Å². The summed E-state index contributed by atoms with van der Waals surface area (Å²) in [4.78, 5) is 22.8. The van der Waals surface area contributed by atoms with E-state index in [2.05, 4.69) is 26.1 Å². The molecule has 0 aliphatic rings. The molecular formula is C16H23NO4. The topological polar surface area (TPSA) is 75.6 Å². The zero-order chi connectivity index (χ0) is 15.9. The number of carboxylic acid groups (broad SMARTS) is 1. The van der Waals surface area contributed by atoms with Gasteiger partial charge in [-0.05, 0) is 37.5 Å². The van der Waals surface area contributed by atoms with E-state index in [-0.39, 0.29) is 11.4 Å². The third-order valence-electron chi connectivity index (χ3n) is 3.87. The maximum absolute atomic E-state index is 12.3. The van der Waals surface area contributed by atoms with Crippen molar-refractivity contribution in [2.45, 2.75) is 45.6 Å². The minimum Gasteiger partial charge on any atom is -0.482 e. The molecule has 0 atom stereocenters. The van der Waals surface area contributed by atoms with Crippen LogP contribution in [0, 0.1) is 0 Å². The van der Waals surface area contributed by atoms with Crippen LogP contribution in [-0.2, 0) is 4.79 Å². The van der Waals surface area contributed by atoms with E-state index in [4.69, 9.17) is 9.84 Å². The number of carboxylic acids is 1. The molecule has 0 radical (unpaired) electrons. The zero-order valence-corrected chi connectivity index (χ0v) is 12.8. The number of nitrogens with one attached hydrogen (secondary N) is 1. The summed E-state index contributed by atoms with van der Waals surface area (Å²) in [6, 6.07) is 6.56. The summed E-state index contributed by atoms with van der Waals surface area (Å²) < 4.78 is 5.09. The summed E-state index contributed by atoms with van der Waals surface area (Å²) >= 11 is 0. The van der Waals surface area contributed by atoms with Gasteiger partial charge >= 0.3 is 5.97 Å². The first-order valence-electron chi connectivity index (χ1n) is 7.23. The summed E-state index contributed by atoms with van der Waals surface area (Å²) in [6.45, 7) is 5.74. The van der Waals surface area contributed by atoms with Gasteiger partial charge in [0.1, 0.15) is 5.75 Å². The number of hydrogen-bond acceptors (Lipinski definition) is 3. The lowest BCUT2D eigenvalue weighted by molar-refractivity contribution is -0.139. The molecule has 0 aromatic heterocycles. The number of aliphatic carboxylic acids is 1. The molecule has 0 aliphatic heterocycles. The van der Waals surface area contributed by atoms with Crippen LogP contribution in [0.25, 0.3) is 0 Å². The van der Waals surface area contributed by atoms with Crippen molar-refractivity contribution < 1.29 is 19.4 Å². The van der Waals surface area contributed by atoms with E-state index in [0.29, 0.717) is 11.3 Å². The predicted molar refractivity (Wildman–Crippen MR) is 80.6 cm³/mol. The molecule has 2 N–H and O–H groups in total. The van der Waals surface area contributed by atoms with Crippen molar-refractivity contribution >= 4 is 11.9 Å². The van der Waals surface area contributed by atoms with Gasteiger partial charge < -0.3 is 15.2 Å². The molecule has 0 saturated heterocycles. The van der Waals surface area contributed by atoms with E-state index in [1.54, 1.807) is 24.3 Å². The molecule has 0 unspecified atom stereocenters. The predicted octanol–water partition coefficient (Wildman–Crippen LogP) is 2.85. The Labute approximate surface area is 125 Å². The fraction of sp³-hybridized carbons (Fsp3) is 0.500. The molecule has 1 aromatic carbocycles. The van der Waals surface area contributed by atoms with Gasteiger partial charge in [-0.3, -0.25) is 4.79 Å². The van der Waals surface area contributed by atoms with Crippen molar-refractivity contribution in [3.8, 4) is 5.75 Å². The molecule has 1 rings (SSSR count). The van der Waals surface area contributed by atoms with Crippen LogP contribution in [0.3, 0.4) is 0 Å². The minimum atomic E-state index is -1.05. The van der Waals surface area contributed by atoms with E-state index in [0.717, 1.165) is 19.3 Å². The largest absolute Gasteiger partial charge is 0.482 e. The van der Waals surface area contributed by atoms with Crippen molar-refractivity contribution in [2.24, 2.45) is 0 Å². The Balaban J connectivity index is 2.82. The summed E-state index contributed by atoms with van der Waals surface area (Å²) in [5.74, 6) is -0.840. The maximum Gasteiger partial charge on any atom is 0.341 e. The number of carbonyl (C=O) groups is 2.